The number of rotatable bonds is 4. The molecule has 0 radical (unpaired) electrons. The van der Waals surface area contributed by atoms with Crippen LogP contribution >= 0.6 is 0 Å². The highest BCUT2D eigenvalue weighted by Gasteiger charge is 2.17. The van der Waals surface area contributed by atoms with Crippen molar-refractivity contribution in [3.05, 3.63) is 35.5 Å². The molecule has 0 spiro atoms. The number of H-pyrrole nitrogens is 1. The molecule has 1 aromatic carbocycles. The topological polar surface area (TPSA) is 73.3 Å². The molecule has 2 rings (SSSR count). The first-order valence-corrected chi connectivity index (χ1v) is 5.53. The van der Waals surface area contributed by atoms with Gasteiger partial charge < -0.3 is 15.2 Å². The smallest absolute Gasteiger partial charge is 0.162 e. The van der Waals surface area contributed by atoms with E-state index >= 15 is 0 Å². The van der Waals surface area contributed by atoms with Gasteiger partial charge in [0.15, 0.2) is 5.78 Å². The van der Waals surface area contributed by atoms with Crippen LogP contribution < -0.4 is 0 Å². The Labute approximate surface area is 98.9 Å². The van der Waals surface area contributed by atoms with Crippen LogP contribution in [0.15, 0.2) is 24.3 Å². The van der Waals surface area contributed by atoms with Crippen LogP contribution in [0.5, 0.6) is 0 Å². The van der Waals surface area contributed by atoms with E-state index in [0.29, 0.717) is 11.3 Å². The second kappa shape index (κ2) is 4.69. The highest BCUT2D eigenvalue weighted by molar-refractivity contribution is 6.08. The lowest BCUT2D eigenvalue weighted by atomic mass is 10.0. The Morgan fingerprint density at radius 3 is 2.76 bits per heavy atom. The van der Waals surface area contributed by atoms with E-state index in [4.69, 9.17) is 5.11 Å². The summed E-state index contributed by atoms with van der Waals surface area (Å²) in [5.74, 6) is -0.0393. The molecule has 2 aromatic rings. The number of aromatic nitrogens is 1. The van der Waals surface area contributed by atoms with E-state index in [9.17, 15) is 9.90 Å². The van der Waals surface area contributed by atoms with E-state index in [1.807, 2.05) is 24.3 Å². The third-order valence-electron chi connectivity index (χ3n) is 2.79. The number of carbonyl (C=O) groups is 1. The number of aliphatic hydroxyl groups excluding tert-OH is 2. The molecule has 0 bridgehead atoms. The van der Waals surface area contributed by atoms with Crippen molar-refractivity contribution in [2.24, 2.45) is 0 Å². The van der Waals surface area contributed by atoms with Gasteiger partial charge in [-0.25, -0.2) is 0 Å². The Morgan fingerprint density at radius 2 is 2.12 bits per heavy atom. The molecule has 1 heterocycles. The number of carbonyl (C=O) groups excluding carboxylic acids is 1. The van der Waals surface area contributed by atoms with Crippen molar-refractivity contribution in [3.63, 3.8) is 0 Å². The fourth-order valence-electron chi connectivity index (χ4n) is 2.05. The van der Waals surface area contributed by atoms with Gasteiger partial charge in [0.05, 0.1) is 12.7 Å². The van der Waals surface area contributed by atoms with Gasteiger partial charge in [0.25, 0.3) is 0 Å². The van der Waals surface area contributed by atoms with Crippen LogP contribution in [-0.4, -0.2) is 33.7 Å². The molecule has 0 aliphatic heterocycles. The fourth-order valence-corrected chi connectivity index (χ4v) is 2.05. The summed E-state index contributed by atoms with van der Waals surface area (Å²) in [6.45, 7) is 1.19. The lowest BCUT2D eigenvalue weighted by Crippen LogP contribution is -2.16. The summed E-state index contributed by atoms with van der Waals surface area (Å²) in [7, 11) is 0. The number of hydrogen-bond acceptors (Lipinski definition) is 3. The van der Waals surface area contributed by atoms with Crippen molar-refractivity contribution in [1.29, 1.82) is 0 Å². The molecule has 0 fully saturated rings. The lowest BCUT2D eigenvalue weighted by Gasteiger charge is -2.06. The minimum Gasteiger partial charge on any atom is -0.394 e. The van der Waals surface area contributed by atoms with Crippen molar-refractivity contribution >= 4 is 16.7 Å². The predicted octanol–water partition coefficient (Wildman–Crippen LogP) is 1.27. The molecular weight excluding hydrogens is 218 g/mol. The molecule has 0 aliphatic rings. The van der Waals surface area contributed by atoms with Gasteiger partial charge in [0.1, 0.15) is 0 Å². The number of aromatic amines is 1. The van der Waals surface area contributed by atoms with E-state index < -0.39 is 6.10 Å². The molecule has 0 aliphatic carbocycles. The minimum atomic E-state index is -0.846. The first-order valence-electron chi connectivity index (χ1n) is 5.53. The Balaban J connectivity index is 2.54. The van der Waals surface area contributed by atoms with Gasteiger partial charge in [-0.05, 0) is 13.0 Å². The first-order chi connectivity index (χ1) is 8.13. The van der Waals surface area contributed by atoms with Crippen LogP contribution in [0, 0.1) is 0 Å². The maximum atomic E-state index is 11.6. The fraction of sp³-hybridized carbons (Fsp3) is 0.308. The maximum absolute atomic E-state index is 11.6. The molecule has 1 atom stereocenters. The number of nitrogens with one attached hydrogen (secondary N) is 1. The van der Waals surface area contributed by atoms with Crippen LogP contribution in [0.3, 0.4) is 0 Å². The minimum absolute atomic E-state index is 0.0393. The summed E-state index contributed by atoms with van der Waals surface area (Å²) in [4.78, 5) is 14.8. The van der Waals surface area contributed by atoms with Gasteiger partial charge in [-0.3, -0.25) is 4.79 Å². The lowest BCUT2D eigenvalue weighted by molar-refractivity contribution is 0.0937. The highest BCUT2D eigenvalue weighted by Crippen LogP contribution is 2.23. The Bertz CT molecular complexity index is 545. The summed E-state index contributed by atoms with van der Waals surface area (Å²) in [6, 6.07) is 7.51. The third kappa shape index (κ3) is 2.23. The Kier molecular flexibility index (Phi) is 3.26. The number of Topliss-reactive ketones (excluding diaryl/α,β-unsaturated/α-hetero) is 1. The average molecular weight is 233 g/mol. The number of hydrogen-bond donors (Lipinski definition) is 3. The molecule has 1 unspecified atom stereocenters. The molecule has 17 heavy (non-hydrogen) atoms. The number of fused-ring (bicyclic) bond motifs is 1. The summed E-state index contributed by atoms with van der Waals surface area (Å²) in [6.07, 6.45) is -0.596. The summed E-state index contributed by atoms with van der Waals surface area (Å²) < 4.78 is 0. The van der Waals surface area contributed by atoms with E-state index in [0.717, 1.165) is 10.9 Å². The molecule has 4 nitrogen and oxygen atoms in total. The van der Waals surface area contributed by atoms with Gasteiger partial charge >= 0.3 is 0 Å². The summed E-state index contributed by atoms with van der Waals surface area (Å²) in [5.41, 5.74) is 2.16. The second-order valence-electron chi connectivity index (χ2n) is 4.12. The van der Waals surface area contributed by atoms with E-state index in [1.165, 1.54) is 6.92 Å². The zero-order chi connectivity index (χ0) is 12.4. The third-order valence-corrected chi connectivity index (χ3v) is 2.79. The van der Waals surface area contributed by atoms with Crippen molar-refractivity contribution in [3.8, 4) is 0 Å². The normalized spacial score (nSPS) is 12.9. The highest BCUT2D eigenvalue weighted by atomic mass is 16.3. The number of aliphatic hydroxyl groups is 2. The Morgan fingerprint density at radius 1 is 1.41 bits per heavy atom. The first kappa shape index (κ1) is 11.8. The maximum Gasteiger partial charge on any atom is 0.162 e. The van der Waals surface area contributed by atoms with Crippen LogP contribution in [0.2, 0.25) is 0 Å². The van der Waals surface area contributed by atoms with Gasteiger partial charge in [0.2, 0.25) is 0 Å². The van der Waals surface area contributed by atoms with Crippen molar-refractivity contribution in [2.75, 3.05) is 6.61 Å². The molecular formula is C13H15NO3. The van der Waals surface area contributed by atoms with E-state index in [-0.39, 0.29) is 18.8 Å². The monoisotopic (exact) mass is 233 g/mol. The SMILES string of the molecule is CC(=O)c1c(CC(O)CO)[nH]c2ccccc12. The molecule has 1 aromatic heterocycles. The summed E-state index contributed by atoms with van der Waals surface area (Å²) >= 11 is 0. The van der Waals surface area contributed by atoms with Crippen molar-refractivity contribution in [2.45, 2.75) is 19.4 Å². The number of ketones is 1. The number of benzene rings is 1. The van der Waals surface area contributed by atoms with Gasteiger partial charge in [-0.15, -0.1) is 0 Å². The molecule has 0 amide bonds. The van der Waals surface area contributed by atoms with Gasteiger partial charge in [-0.2, -0.15) is 0 Å². The largest absolute Gasteiger partial charge is 0.394 e. The number of para-hydroxylation sites is 1. The molecule has 0 saturated heterocycles. The van der Waals surface area contributed by atoms with Gasteiger partial charge in [-0.1, -0.05) is 18.2 Å². The molecule has 90 valence electrons. The average Bonchev–Trinajstić information content (AvgIpc) is 2.66. The zero-order valence-corrected chi connectivity index (χ0v) is 9.60. The summed E-state index contributed by atoms with van der Waals surface area (Å²) in [5, 5.41) is 19.2. The zero-order valence-electron chi connectivity index (χ0n) is 9.60. The van der Waals surface area contributed by atoms with Crippen LogP contribution in [-0.2, 0) is 6.42 Å². The van der Waals surface area contributed by atoms with E-state index in [1.54, 1.807) is 0 Å². The van der Waals surface area contributed by atoms with Gasteiger partial charge in [0, 0.05) is 28.6 Å². The molecule has 0 saturated carbocycles. The van der Waals surface area contributed by atoms with Crippen LogP contribution in [0.4, 0.5) is 0 Å². The molecule has 3 N–H and O–H groups in total. The van der Waals surface area contributed by atoms with E-state index in [2.05, 4.69) is 4.98 Å². The quantitative estimate of drug-likeness (QED) is 0.696. The van der Waals surface area contributed by atoms with Crippen LogP contribution in [0.1, 0.15) is 23.0 Å². The van der Waals surface area contributed by atoms with Crippen molar-refractivity contribution < 1.29 is 15.0 Å². The van der Waals surface area contributed by atoms with Crippen molar-refractivity contribution in [1.82, 2.24) is 4.98 Å². The van der Waals surface area contributed by atoms with Crippen LogP contribution in [0.25, 0.3) is 10.9 Å². The predicted molar refractivity (Wildman–Crippen MR) is 65.1 cm³/mol. The standard InChI is InChI=1S/C13H15NO3/c1-8(16)13-10-4-2-3-5-11(10)14-12(13)6-9(17)7-15/h2-5,9,14-15,17H,6-7H2,1H3. The Hall–Kier alpha value is -1.65. The second-order valence-corrected chi connectivity index (χ2v) is 4.12. The molecule has 4 heteroatoms.